The zero-order chi connectivity index (χ0) is 23.4. The molecule has 0 bridgehead atoms. The Morgan fingerprint density at radius 3 is 2.35 bits per heavy atom. The number of hydrogen-bond donors (Lipinski definition) is 1. The second kappa shape index (κ2) is 9.83. The second-order valence-electron chi connectivity index (χ2n) is 8.62. The van der Waals surface area contributed by atoms with Crippen molar-refractivity contribution in [2.24, 2.45) is 0 Å². The van der Waals surface area contributed by atoms with Crippen LogP contribution in [0.5, 0.6) is 0 Å². The quantitative estimate of drug-likeness (QED) is 0.426. The normalized spacial score (nSPS) is 16.7. The van der Waals surface area contributed by atoms with E-state index in [2.05, 4.69) is 33.1 Å². The van der Waals surface area contributed by atoms with Crippen molar-refractivity contribution in [1.29, 1.82) is 0 Å². The molecular formula is C27H28N4O2S. The number of aryl methyl sites for hydroxylation is 1. The van der Waals surface area contributed by atoms with Gasteiger partial charge in [0.05, 0.1) is 23.5 Å². The predicted octanol–water partition coefficient (Wildman–Crippen LogP) is 4.62. The van der Waals surface area contributed by atoms with E-state index in [0.717, 1.165) is 29.8 Å². The minimum atomic E-state index is -3.64. The van der Waals surface area contributed by atoms with Gasteiger partial charge in [0.25, 0.3) is 0 Å². The third-order valence-corrected chi connectivity index (χ3v) is 8.21. The lowest BCUT2D eigenvalue weighted by Gasteiger charge is -2.34. The van der Waals surface area contributed by atoms with Gasteiger partial charge in [-0.1, -0.05) is 66.7 Å². The van der Waals surface area contributed by atoms with Crippen molar-refractivity contribution in [2.75, 3.05) is 11.4 Å². The SMILES string of the molecule is O=S(=O)(c1ccccc1)N1Cc2ccccc2N(Cc2cnc[nH]2)C(CCc2ccccc2)C1. The van der Waals surface area contributed by atoms with Gasteiger partial charge in [-0.05, 0) is 42.2 Å². The van der Waals surface area contributed by atoms with Crippen molar-refractivity contribution >= 4 is 15.7 Å². The van der Waals surface area contributed by atoms with Crippen molar-refractivity contribution < 1.29 is 8.42 Å². The van der Waals surface area contributed by atoms with E-state index >= 15 is 0 Å². The number of aromatic amines is 1. The summed E-state index contributed by atoms with van der Waals surface area (Å²) in [6, 6.07) is 27.2. The van der Waals surface area contributed by atoms with Crippen LogP contribution in [0.15, 0.2) is 102 Å². The molecule has 0 fully saturated rings. The van der Waals surface area contributed by atoms with Crippen LogP contribution in [0.2, 0.25) is 0 Å². The first-order valence-corrected chi connectivity index (χ1v) is 13.0. The molecule has 1 aromatic heterocycles. The van der Waals surface area contributed by atoms with Crippen LogP contribution in [0.4, 0.5) is 5.69 Å². The Morgan fingerprint density at radius 1 is 0.912 bits per heavy atom. The molecular weight excluding hydrogens is 444 g/mol. The molecule has 1 unspecified atom stereocenters. The van der Waals surface area contributed by atoms with Crippen molar-refractivity contribution in [3.63, 3.8) is 0 Å². The molecule has 0 radical (unpaired) electrons. The van der Waals surface area contributed by atoms with Crippen molar-refractivity contribution in [3.8, 4) is 0 Å². The fraction of sp³-hybridized carbons (Fsp3) is 0.222. The summed E-state index contributed by atoms with van der Waals surface area (Å²) in [7, 11) is -3.64. The Labute approximate surface area is 200 Å². The summed E-state index contributed by atoms with van der Waals surface area (Å²) in [5, 5.41) is 0. The molecule has 0 saturated carbocycles. The van der Waals surface area contributed by atoms with E-state index < -0.39 is 10.0 Å². The minimum Gasteiger partial charge on any atom is -0.361 e. The third-order valence-electron chi connectivity index (χ3n) is 6.39. The first-order chi connectivity index (χ1) is 16.6. The van der Waals surface area contributed by atoms with Gasteiger partial charge in [0.15, 0.2) is 0 Å². The van der Waals surface area contributed by atoms with Crippen LogP contribution in [0, 0.1) is 0 Å². The van der Waals surface area contributed by atoms with Gasteiger partial charge in [-0.3, -0.25) is 0 Å². The summed E-state index contributed by atoms with van der Waals surface area (Å²) in [4.78, 5) is 10.1. The average Bonchev–Trinajstić information content (AvgIpc) is 3.33. The Balaban J connectivity index is 1.54. The number of sulfonamides is 1. The van der Waals surface area contributed by atoms with Crippen molar-refractivity contribution in [3.05, 3.63) is 114 Å². The molecule has 0 spiro atoms. The highest BCUT2D eigenvalue weighted by molar-refractivity contribution is 7.89. The van der Waals surface area contributed by atoms with Gasteiger partial charge in [-0.2, -0.15) is 4.31 Å². The molecule has 1 atom stereocenters. The van der Waals surface area contributed by atoms with E-state index in [-0.39, 0.29) is 6.04 Å². The maximum absolute atomic E-state index is 13.7. The second-order valence-corrected chi connectivity index (χ2v) is 10.6. The first-order valence-electron chi connectivity index (χ1n) is 11.5. The Hall–Kier alpha value is -3.42. The number of imidazole rings is 1. The average molecular weight is 473 g/mol. The van der Waals surface area contributed by atoms with Gasteiger partial charge in [-0.25, -0.2) is 13.4 Å². The largest absolute Gasteiger partial charge is 0.361 e. The first kappa shape index (κ1) is 22.4. The van der Waals surface area contributed by atoms with Gasteiger partial charge >= 0.3 is 0 Å². The van der Waals surface area contributed by atoms with Crippen LogP contribution in [0.3, 0.4) is 0 Å². The van der Waals surface area contributed by atoms with Gasteiger partial charge in [0.1, 0.15) is 0 Å². The van der Waals surface area contributed by atoms with Crippen LogP contribution in [0.1, 0.15) is 23.2 Å². The van der Waals surface area contributed by atoms with E-state index in [9.17, 15) is 8.42 Å². The molecule has 3 aromatic carbocycles. The lowest BCUT2D eigenvalue weighted by molar-refractivity contribution is 0.370. The summed E-state index contributed by atoms with van der Waals surface area (Å²) in [5.41, 5.74) is 4.32. The number of benzene rings is 3. The number of hydrogen-bond acceptors (Lipinski definition) is 4. The Kier molecular flexibility index (Phi) is 6.47. The van der Waals surface area contributed by atoms with E-state index in [1.54, 1.807) is 34.9 Å². The number of nitrogens with zero attached hydrogens (tertiary/aromatic N) is 3. The number of anilines is 1. The standard InChI is InChI=1S/C27H28N4O2S/c32-34(33,26-12-5-2-6-13-26)30-18-23-11-7-8-14-27(23)31(19-24-17-28-21-29-24)25(20-30)16-15-22-9-3-1-4-10-22/h1-14,17,21,25H,15-16,18-20H2,(H,28,29). The number of H-pyrrole nitrogens is 1. The lowest BCUT2D eigenvalue weighted by atomic mass is 10.0. The van der Waals surface area contributed by atoms with Crippen LogP contribution < -0.4 is 4.90 Å². The fourth-order valence-electron chi connectivity index (χ4n) is 4.63. The van der Waals surface area contributed by atoms with Gasteiger partial charge in [0.2, 0.25) is 10.0 Å². The van der Waals surface area contributed by atoms with Crippen LogP contribution in [0.25, 0.3) is 0 Å². The molecule has 4 aromatic rings. The molecule has 174 valence electrons. The summed E-state index contributed by atoms with van der Waals surface area (Å²) >= 11 is 0. The van der Waals surface area contributed by atoms with Crippen LogP contribution in [-0.4, -0.2) is 35.3 Å². The van der Waals surface area contributed by atoms with E-state index in [4.69, 9.17) is 0 Å². The van der Waals surface area contributed by atoms with E-state index in [1.165, 1.54) is 5.56 Å². The third kappa shape index (κ3) is 4.76. The maximum Gasteiger partial charge on any atom is 0.243 e. The van der Waals surface area contributed by atoms with Crippen molar-refractivity contribution in [1.82, 2.24) is 14.3 Å². The number of para-hydroxylation sites is 1. The van der Waals surface area contributed by atoms with Crippen LogP contribution >= 0.6 is 0 Å². The molecule has 1 N–H and O–H groups in total. The number of fused-ring (bicyclic) bond motifs is 1. The number of nitrogens with one attached hydrogen (secondary N) is 1. The monoisotopic (exact) mass is 472 g/mol. The Bertz CT molecular complexity index is 1310. The summed E-state index contributed by atoms with van der Waals surface area (Å²) in [5.74, 6) is 0. The fourth-order valence-corrected chi connectivity index (χ4v) is 6.10. The molecule has 5 rings (SSSR count). The zero-order valence-corrected chi connectivity index (χ0v) is 19.7. The smallest absolute Gasteiger partial charge is 0.243 e. The lowest BCUT2D eigenvalue weighted by Crippen LogP contribution is -2.43. The van der Waals surface area contributed by atoms with Crippen LogP contribution in [-0.2, 0) is 29.5 Å². The van der Waals surface area contributed by atoms with E-state index in [0.29, 0.717) is 24.5 Å². The minimum absolute atomic E-state index is 0.00866. The zero-order valence-electron chi connectivity index (χ0n) is 18.9. The predicted molar refractivity (Wildman–Crippen MR) is 134 cm³/mol. The van der Waals surface area contributed by atoms with Gasteiger partial charge in [0, 0.05) is 31.0 Å². The van der Waals surface area contributed by atoms with Crippen molar-refractivity contribution in [2.45, 2.75) is 36.9 Å². The molecule has 2 heterocycles. The van der Waals surface area contributed by atoms with E-state index in [1.807, 2.05) is 48.7 Å². The molecule has 1 aliphatic heterocycles. The number of rotatable bonds is 7. The summed E-state index contributed by atoms with van der Waals surface area (Å²) in [6.45, 7) is 1.39. The molecule has 0 amide bonds. The molecule has 0 saturated heterocycles. The topological polar surface area (TPSA) is 69.3 Å². The number of aromatic nitrogens is 2. The molecule has 1 aliphatic rings. The summed E-state index contributed by atoms with van der Waals surface area (Å²) < 4.78 is 29.0. The highest BCUT2D eigenvalue weighted by Gasteiger charge is 2.34. The molecule has 7 heteroatoms. The Morgan fingerprint density at radius 2 is 1.62 bits per heavy atom. The highest BCUT2D eigenvalue weighted by atomic mass is 32.2. The van der Waals surface area contributed by atoms with Gasteiger partial charge in [-0.15, -0.1) is 0 Å². The molecule has 6 nitrogen and oxygen atoms in total. The van der Waals surface area contributed by atoms with Gasteiger partial charge < -0.3 is 9.88 Å². The highest BCUT2D eigenvalue weighted by Crippen LogP contribution is 2.33. The maximum atomic E-state index is 13.7. The summed E-state index contributed by atoms with van der Waals surface area (Å²) in [6.07, 6.45) is 5.21. The molecule has 34 heavy (non-hydrogen) atoms. The molecule has 0 aliphatic carbocycles.